The van der Waals surface area contributed by atoms with Gasteiger partial charge in [-0.25, -0.2) is 4.79 Å². The SMILES string of the molecule is COC(=O)c1cc(O)c2c(c1[C@@H]1O[C@H](CO)[C@@H](O)[C@H](O)[C@H]1O)O2. The van der Waals surface area contributed by atoms with Crippen LogP contribution in [0.5, 0.6) is 17.2 Å². The third-order valence-corrected chi connectivity index (χ3v) is 4.00. The van der Waals surface area contributed by atoms with Gasteiger partial charge >= 0.3 is 5.97 Å². The van der Waals surface area contributed by atoms with Crippen molar-refractivity contribution in [1.29, 1.82) is 0 Å². The predicted molar refractivity (Wildman–Crippen MR) is 72.2 cm³/mol. The highest BCUT2D eigenvalue weighted by molar-refractivity contribution is 5.95. The molecule has 9 heteroatoms. The molecular formula is C14H16O9. The third-order valence-electron chi connectivity index (χ3n) is 4.00. The average molecular weight is 328 g/mol. The zero-order chi connectivity index (χ0) is 16.9. The van der Waals surface area contributed by atoms with E-state index in [2.05, 4.69) is 4.74 Å². The Hall–Kier alpha value is -1.91. The fourth-order valence-electron chi connectivity index (χ4n) is 2.73. The van der Waals surface area contributed by atoms with Gasteiger partial charge in [0.25, 0.3) is 0 Å². The first kappa shape index (κ1) is 16.0. The highest BCUT2D eigenvalue weighted by Gasteiger charge is 2.48. The van der Waals surface area contributed by atoms with E-state index in [4.69, 9.17) is 9.47 Å². The van der Waals surface area contributed by atoms with Crippen molar-refractivity contribution in [2.75, 3.05) is 13.7 Å². The van der Waals surface area contributed by atoms with Crippen LogP contribution in [-0.2, 0) is 9.47 Å². The summed E-state index contributed by atoms with van der Waals surface area (Å²) in [5, 5.41) is 48.8. The molecule has 0 amide bonds. The van der Waals surface area contributed by atoms with Crippen molar-refractivity contribution >= 4 is 5.97 Å². The van der Waals surface area contributed by atoms with E-state index in [1.807, 2.05) is 0 Å². The Morgan fingerprint density at radius 3 is 2.52 bits per heavy atom. The number of aliphatic hydroxyl groups excluding tert-OH is 4. The Morgan fingerprint density at radius 2 is 1.91 bits per heavy atom. The normalized spacial score (nSPS) is 32.0. The number of methoxy groups -OCH3 is 1. The van der Waals surface area contributed by atoms with Gasteiger partial charge in [0.2, 0.25) is 5.75 Å². The molecule has 0 radical (unpaired) electrons. The number of hydrogen-bond donors (Lipinski definition) is 5. The van der Waals surface area contributed by atoms with Gasteiger partial charge in [-0.3, -0.25) is 0 Å². The molecule has 0 saturated carbocycles. The van der Waals surface area contributed by atoms with Gasteiger partial charge in [-0.2, -0.15) is 0 Å². The maximum atomic E-state index is 11.9. The molecule has 0 unspecified atom stereocenters. The lowest BCUT2D eigenvalue weighted by Gasteiger charge is -2.40. The number of carbonyl (C=O) groups is 1. The first-order valence-corrected chi connectivity index (χ1v) is 6.87. The number of aliphatic hydroxyl groups is 4. The van der Waals surface area contributed by atoms with Crippen molar-refractivity contribution < 1.29 is 44.5 Å². The number of fused-ring (bicyclic) bond motifs is 1. The van der Waals surface area contributed by atoms with Crippen molar-refractivity contribution in [3.63, 3.8) is 0 Å². The van der Waals surface area contributed by atoms with Crippen molar-refractivity contribution in [2.24, 2.45) is 0 Å². The van der Waals surface area contributed by atoms with Crippen LogP contribution in [0.3, 0.4) is 0 Å². The second-order valence-electron chi connectivity index (χ2n) is 5.36. The van der Waals surface area contributed by atoms with Crippen LogP contribution in [0.15, 0.2) is 6.07 Å². The van der Waals surface area contributed by atoms with Crippen LogP contribution in [-0.4, -0.2) is 69.6 Å². The number of phenols is 1. The maximum absolute atomic E-state index is 11.9. The molecule has 1 fully saturated rings. The lowest BCUT2D eigenvalue weighted by molar-refractivity contribution is -0.231. The quantitative estimate of drug-likeness (QED) is 0.346. The van der Waals surface area contributed by atoms with Crippen LogP contribution in [0, 0.1) is 0 Å². The van der Waals surface area contributed by atoms with Gasteiger partial charge in [-0.05, 0) is 6.07 Å². The Labute approximate surface area is 130 Å². The van der Waals surface area contributed by atoms with E-state index in [0.29, 0.717) is 0 Å². The standard InChI is InChI=1S/C14H16O9/c1-21-14(20)4-2-5(16)11-13(23-11)7(4)12-10(19)9(18)8(17)6(3-15)22-12/h2,6,8-10,12,15-19H,3H2,1H3/t6-,8-,9+,10-,12+/m1/s1. The summed E-state index contributed by atoms with van der Waals surface area (Å²) >= 11 is 0. The molecule has 126 valence electrons. The summed E-state index contributed by atoms with van der Waals surface area (Å²) in [4.78, 5) is 11.9. The first-order valence-electron chi connectivity index (χ1n) is 6.87. The Morgan fingerprint density at radius 1 is 1.22 bits per heavy atom. The molecule has 0 spiro atoms. The van der Waals surface area contributed by atoms with E-state index >= 15 is 0 Å². The number of aromatic hydroxyl groups is 1. The summed E-state index contributed by atoms with van der Waals surface area (Å²) in [7, 11) is 1.14. The summed E-state index contributed by atoms with van der Waals surface area (Å²) in [6.45, 7) is -0.601. The minimum atomic E-state index is -1.60. The Balaban J connectivity index is 2.06. The molecule has 5 N–H and O–H groups in total. The van der Waals surface area contributed by atoms with Gasteiger partial charge in [-0.1, -0.05) is 0 Å². The van der Waals surface area contributed by atoms with Crippen molar-refractivity contribution in [3.8, 4) is 17.2 Å². The number of carbonyl (C=O) groups excluding carboxylic acids is 1. The van der Waals surface area contributed by atoms with Crippen LogP contribution >= 0.6 is 0 Å². The van der Waals surface area contributed by atoms with E-state index in [-0.39, 0.29) is 28.4 Å². The molecule has 23 heavy (non-hydrogen) atoms. The molecule has 0 bridgehead atoms. The van der Waals surface area contributed by atoms with Gasteiger partial charge in [0.1, 0.15) is 30.5 Å². The van der Waals surface area contributed by atoms with Crippen LogP contribution in [0.1, 0.15) is 22.0 Å². The number of rotatable bonds is 3. The zero-order valence-corrected chi connectivity index (χ0v) is 12.0. The lowest BCUT2D eigenvalue weighted by Crippen LogP contribution is -2.55. The summed E-state index contributed by atoms with van der Waals surface area (Å²) < 4.78 is 15.2. The summed E-state index contributed by atoms with van der Waals surface area (Å²) in [6.07, 6.45) is -7.08. The van der Waals surface area contributed by atoms with Crippen LogP contribution in [0.4, 0.5) is 0 Å². The maximum Gasteiger partial charge on any atom is 0.338 e. The predicted octanol–water partition coefficient (Wildman–Crippen LogP) is -1.20. The molecule has 1 aromatic rings. The third kappa shape index (κ3) is 2.42. The molecule has 1 saturated heterocycles. The fourth-order valence-corrected chi connectivity index (χ4v) is 2.73. The van der Waals surface area contributed by atoms with Gasteiger partial charge in [0.15, 0.2) is 11.5 Å². The van der Waals surface area contributed by atoms with Crippen molar-refractivity contribution in [2.45, 2.75) is 30.5 Å². The largest absolute Gasteiger partial charge is 0.504 e. The first-order chi connectivity index (χ1) is 10.9. The molecular weight excluding hydrogens is 312 g/mol. The second-order valence-corrected chi connectivity index (χ2v) is 5.36. The van der Waals surface area contributed by atoms with Crippen LogP contribution < -0.4 is 4.74 Å². The van der Waals surface area contributed by atoms with Crippen LogP contribution in [0.25, 0.3) is 0 Å². The molecule has 0 aromatic heterocycles. The molecule has 3 rings (SSSR count). The molecule has 0 aliphatic carbocycles. The van der Waals surface area contributed by atoms with Gasteiger partial charge < -0.3 is 39.7 Å². The smallest absolute Gasteiger partial charge is 0.338 e. The summed E-state index contributed by atoms with van der Waals surface area (Å²) in [6, 6.07) is 1.11. The van der Waals surface area contributed by atoms with E-state index in [0.717, 1.165) is 13.2 Å². The molecule has 2 heterocycles. The van der Waals surface area contributed by atoms with Crippen molar-refractivity contribution in [3.05, 3.63) is 17.2 Å². The number of ether oxygens (including phenoxy) is 3. The highest BCUT2D eigenvalue weighted by Crippen LogP contribution is 2.58. The molecule has 9 nitrogen and oxygen atoms in total. The van der Waals surface area contributed by atoms with E-state index in [1.165, 1.54) is 0 Å². The minimum absolute atomic E-state index is 0.0848. The highest BCUT2D eigenvalue weighted by atomic mass is 16.6. The molecule has 2 aliphatic rings. The van der Waals surface area contributed by atoms with Crippen LogP contribution in [0.2, 0.25) is 0 Å². The minimum Gasteiger partial charge on any atom is -0.504 e. The van der Waals surface area contributed by atoms with E-state index < -0.39 is 43.1 Å². The number of phenolic OH excluding ortho intramolecular Hbond substituents is 1. The number of benzene rings is 1. The molecule has 1 aromatic carbocycles. The van der Waals surface area contributed by atoms with E-state index in [9.17, 15) is 30.3 Å². The average Bonchev–Trinajstić information content (AvgIpc) is 3.34. The molecule has 2 aliphatic heterocycles. The lowest BCUT2D eigenvalue weighted by atomic mass is 9.89. The van der Waals surface area contributed by atoms with Gasteiger partial charge in [-0.15, -0.1) is 0 Å². The van der Waals surface area contributed by atoms with Crippen molar-refractivity contribution in [1.82, 2.24) is 0 Å². The fraction of sp³-hybridized carbons (Fsp3) is 0.500. The van der Waals surface area contributed by atoms with E-state index in [1.54, 1.807) is 0 Å². The summed E-state index contributed by atoms with van der Waals surface area (Å²) in [5.74, 6) is -0.807. The number of esters is 1. The second kappa shape index (κ2) is 5.62. The monoisotopic (exact) mass is 328 g/mol. The van der Waals surface area contributed by atoms with Gasteiger partial charge in [0.05, 0.1) is 19.3 Å². The Bertz CT molecular complexity index is 642. The number of hydrogen-bond acceptors (Lipinski definition) is 9. The zero-order valence-electron chi connectivity index (χ0n) is 12.0. The van der Waals surface area contributed by atoms with Gasteiger partial charge in [0, 0.05) is 5.56 Å². The summed E-state index contributed by atoms with van der Waals surface area (Å²) in [5.41, 5.74) is -0.0212. The topological polar surface area (TPSA) is 149 Å². The molecule has 5 atom stereocenters. The Kier molecular flexibility index (Phi) is 3.90.